The first-order chi connectivity index (χ1) is 7.62. The molecule has 0 amide bonds. The van der Waals surface area contributed by atoms with Crippen LogP contribution in [0.3, 0.4) is 0 Å². The van der Waals surface area contributed by atoms with E-state index in [9.17, 15) is 0 Å². The zero-order valence-corrected chi connectivity index (χ0v) is 10.4. The number of hydrogen-bond donors (Lipinski definition) is 1. The molecule has 2 rings (SSSR count). The van der Waals surface area contributed by atoms with Crippen LogP contribution >= 0.6 is 0 Å². The molecule has 1 unspecified atom stereocenters. The van der Waals surface area contributed by atoms with Crippen molar-refractivity contribution < 1.29 is 0 Å². The maximum atomic E-state index is 6.32. The molecule has 88 valence electrons. The Bertz CT molecular complexity index is 358. The lowest BCUT2D eigenvalue weighted by Gasteiger charge is -2.31. The molecule has 0 saturated carbocycles. The first-order valence-electron chi connectivity index (χ1n) is 6.24. The van der Waals surface area contributed by atoms with Gasteiger partial charge in [-0.1, -0.05) is 31.5 Å². The van der Waals surface area contributed by atoms with Gasteiger partial charge >= 0.3 is 0 Å². The summed E-state index contributed by atoms with van der Waals surface area (Å²) in [4.78, 5) is 2.44. The molecule has 1 aromatic rings. The molecule has 2 heteroatoms. The van der Waals surface area contributed by atoms with Gasteiger partial charge in [0.05, 0.1) is 0 Å². The molecule has 0 aliphatic carbocycles. The SMILES string of the molecule is CCCC(C)(N)CN1CCc2ccccc21. The minimum absolute atomic E-state index is 0.0633. The fourth-order valence-electron chi connectivity index (χ4n) is 2.66. The molecule has 1 aromatic carbocycles. The lowest BCUT2D eigenvalue weighted by molar-refractivity contribution is 0.426. The van der Waals surface area contributed by atoms with Gasteiger partial charge < -0.3 is 10.6 Å². The summed E-state index contributed by atoms with van der Waals surface area (Å²) >= 11 is 0. The Morgan fingerprint density at radius 2 is 2.12 bits per heavy atom. The topological polar surface area (TPSA) is 29.3 Å². The smallest absolute Gasteiger partial charge is 0.0400 e. The summed E-state index contributed by atoms with van der Waals surface area (Å²) in [7, 11) is 0. The largest absolute Gasteiger partial charge is 0.369 e. The van der Waals surface area contributed by atoms with Crippen LogP contribution in [0.1, 0.15) is 32.3 Å². The van der Waals surface area contributed by atoms with Crippen LogP contribution < -0.4 is 10.6 Å². The van der Waals surface area contributed by atoms with Gasteiger partial charge in [0.15, 0.2) is 0 Å². The Kier molecular flexibility index (Phi) is 3.20. The van der Waals surface area contributed by atoms with Crippen molar-refractivity contribution in [3.05, 3.63) is 29.8 Å². The zero-order valence-electron chi connectivity index (χ0n) is 10.4. The van der Waals surface area contributed by atoms with Gasteiger partial charge in [0.25, 0.3) is 0 Å². The first-order valence-corrected chi connectivity index (χ1v) is 6.24. The monoisotopic (exact) mass is 218 g/mol. The summed E-state index contributed by atoms with van der Waals surface area (Å²) in [6.07, 6.45) is 3.41. The van der Waals surface area contributed by atoms with E-state index in [1.165, 1.54) is 17.7 Å². The molecule has 2 nitrogen and oxygen atoms in total. The first kappa shape index (κ1) is 11.5. The van der Waals surface area contributed by atoms with Crippen LogP contribution in [0.15, 0.2) is 24.3 Å². The number of nitrogens with zero attached hydrogens (tertiary/aromatic N) is 1. The van der Waals surface area contributed by atoms with Crippen LogP contribution in [0, 0.1) is 0 Å². The fraction of sp³-hybridized carbons (Fsp3) is 0.571. The van der Waals surface area contributed by atoms with Crippen molar-refractivity contribution in [1.29, 1.82) is 0 Å². The van der Waals surface area contributed by atoms with Gasteiger partial charge in [-0.2, -0.15) is 0 Å². The second-order valence-corrected chi connectivity index (χ2v) is 5.20. The molecule has 0 aromatic heterocycles. The van der Waals surface area contributed by atoms with Crippen molar-refractivity contribution in [3.8, 4) is 0 Å². The molecule has 0 radical (unpaired) electrons. The summed E-state index contributed by atoms with van der Waals surface area (Å²) < 4.78 is 0. The summed E-state index contributed by atoms with van der Waals surface area (Å²) in [5.74, 6) is 0. The van der Waals surface area contributed by atoms with Gasteiger partial charge in [-0.3, -0.25) is 0 Å². The van der Waals surface area contributed by atoms with Crippen molar-refractivity contribution in [3.63, 3.8) is 0 Å². The molecule has 1 aliphatic heterocycles. The number of rotatable bonds is 4. The van der Waals surface area contributed by atoms with Gasteiger partial charge in [0, 0.05) is 24.3 Å². The predicted molar refractivity (Wildman–Crippen MR) is 69.9 cm³/mol. The summed E-state index contributed by atoms with van der Waals surface area (Å²) in [6.45, 7) is 6.45. The van der Waals surface area contributed by atoms with E-state index in [4.69, 9.17) is 5.73 Å². The Labute approximate surface area is 98.4 Å². The Morgan fingerprint density at radius 1 is 1.38 bits per heavy atom. The third-order valence-corrected chi connectivity index (χ3v) is 3.36. The average Bonchev–Trinajstić information content (AvgIpc) is 2.61. The van der Waals surface area contributed by atoms with E-state index in [0.29, 0.717) is 0 Å². The maximum absolute atomic E-state index is 6.32. The van der Waals surface area contributed by atoms with Crippen molar-refractivity contribution in [2.45, 2.75) is 38.6 Å². The quantitative estimate of drug-likeness (QED) is 0.841. The van der Waals surface area contributed by atoms with Crippen LogP contribution in [0.2, 0.25) is 0 Å². The van der Waals surface area contributed by atoms with E-state index >= 15 is 0 Å². The second kappa shape index (κ2) is 4.46. The van der Waals surface area contributed by atoms with Gasteiger partial charge in [-0.15, -0.1) is 0 Å². The highest BCUT2D eigenvalue weighted by atomic mass is 15.2. The van der Waals surface area contributed by atoms with E-state index in [1.54, 1.807) is 0 Å². The van der Waals surface area contributed by atoms with Crippen molar-refractivity contribution >= 4 is 5.69 Å². The lowest BCUT2D eigenvalue weighted by atomic mass is 9.97. The normalized spacial score (nSPS) is 18.3. The maximum Gasteiger partial charge on any atom is 0.0400 e. The van der Waals surface area contributed by atoms with Crippen LogP contribution in [-0.4, -0.2) is 18.6 Å². The second-order valence-electron chi connectivity index (χ2n) is 5.20. The third kappa shape index (κ3) is 2.38. The molecule has 1 atom stereocenters. The molecular weight excluding hydrogens is 196 g/mol. The van der Waals surface area contributed by atoms with E-state index in [-0.39, 0.29) is 5.54 Å². The molecule has 1 heterocycles. The van der Waals surface area contributed by atoms with Gasteiger partial charge in [0.2, 0.25) is 0 Å². The molecule has 16 heavy (non-hydrogen) atoms. The Balaban J connectivity index is 2.08. The fourth-order valence-corrected chi connectivity index (χ4v) is 2.66. The summed E-state index contributed by atoms with van der Waals surface area (Å²) in [5, 5.41) is 0. The molecule has 0 bridgehead atoms. The Hall–Kier alpha value is -1.02. The highest BCUT2D eigenvalue weighted by Gasteiger charge is 2.25. The van der Waals surface area contributed by atoms with Crippen molar-refractivity contribution in [2.75, 3.05) is 18.0 Å². The molecule has 2 N–H and O–H groups in total. The highest BCUT2D eigenvalue weighted by Crippen LogP contribution is 2.28. The molecular formula is C14H22N2. The van der Waals surface area contributed by atoms with Crippen LogP contribution in [0.5, 0.6) is 0 Å². The van der Waals surface area contributed by atoms with Crippen molar-refractivity contribution in [2.24, 2.45) is 5.73 Å². The number of para-hydroxylation sites is 1. The molecule has 0 spiro atoms. The van der Waals surface area contributed by atoms with E-state index in [2.05, 4.69) is 43.0 Å². The summed E-state index contributed by atoms with van der Waals surface area (Å²) in [5.41, 5.74) is 9.11. The van der Waals surface area contributed by atoms with Gasteiger partial charge in [-0.25, -0.2) is 0 Å². The molecule has 0 saturated heterocycles. The third-order valence-electron chi connectivity index (χ3n) is 3.36. The van der Waals surface area contributed by atoms with E-state index < -0.39 is 0 Å². The average molecular weight is 218 g/mol. The Morgan fingerprint density at radius 3 is 2.88 bits per heavy atom. The standard InChI is InChI=1S/C14H22N2/c1-3-9-14(2,15)11-16-10-8-12-6-4-5-7-13(12)16/h4-7H,3,8-11,15H2,1-2H3. The van der Waals surface area contributed by atoms with Gasteiger partial charge in [0.1, 0.15) is 0 Å². The van der Waals surface area contributed by atoms with Gasteiger partial charge in [-0.05, 0) is 31.4 Å². The minimum Gasteiger partial charge on any atom is -0.369 e. The van der Waals surface area contributed by atoms with E-state index in [0.717, 1.165) is 25.9 Å². The number of anilines is 1. The van der Waals surface area contributed by atoms with Crippen molar-refractivity contribution in [1.82, 2.24) is 0 Å². The number of hydrogen-bond acceptors (Lipinski definition) is 2. The number of benzene rings is 1. The predicted octanol–water partition coefficient (Wildman–Crippen LogP) is 2.57. The number of fused-ring (bicyclic) bond motifs is 1. The van der Waals surface area contributed by atoms with Crippen LogP contribution in [-0.2, 0) is 6.42 Å². The minimum atomic E-state index is -0.0633. The van der Waals surface area contributed by atoms with Crippen LogP contribution in [0.4, 0.5) is 5.69 Å². The lowest BCUT2D eigenvalue weighted by Crippen LogP contribution is -2.47. The number of nitrogens with two attached hydrogens (primary N) is 1. The molecule has 0 fully saturated rings. The highest BCUT2D eigenvalue weighted by molar-refractivity contribution is 5.58. The molecule has 1 aliphatic rings. The van der Waals surface area contributed by atoms with Crippen LogP contribution in [0.25, 0.3) is 0 Å². The summed E-state index contributed by atoms with van der Waals surface area (Å²) in [6, 6.07) is 8.67. The zero-order chi connectivity index (χ0) is 11.6. The van der Waals surface area contributed by atoms with E-state index in [1.807, 2.05) is 0 Å².